The molecule has 0 atom stereocenters. The molecule has 28 heavy (non-hydrogen) atoms. The summed E-state index contributed by atoms with van der Waals surface area (Å²) >= 11 is 1.34. The summed E-state index contributed by atoms with van der Waals surface area (Å²) in [4.78, 5) is 20.4. The van der Waals surface area contributed by atoms with E-state index in [1.54, 1.807) is 5.38 Å². The first-order chi connectivity index (χ1) is 13.6. The number of ether oxygens (including phenoxy) is 2. The number of carbonyl (C=O) groups excluding carboxylic acids is 1. The fraction of sp³-hybridized carbons (Fsp3) is 0.100. The Kier molecular flexibility index (Phi) is 4.62. The molecular weight excluding hydrogens is 378 g/mol. The number of aromatic nitrogens is 2. The van der Waals surface area contributed by atoms with E-state index in [2.05, 4.69) is 15.3 Å². The van der Waals surface area contributed by atoms with Crippen LogP contribution < -0.4 is 14.8 Å². The molecule has 3 N–H and O–H groups in total. The summed E-state index contributed by atoms with van der Waals surface area (Å²) in [5.41, 5.74) is 2.55. The predicted octanol–water partition coefficient (Wildman–Crippen LogP) is 4.32. The maximum Gasteiger partial charge on any atom is 0.212 e. The molecule has 8 heteroatoms. The molecule has 0 unspecified atom stereocenters. The highest BCUT2D eigenvalue weighted by Gasteiger charge is 2.19. The topological polar surface area (TPSA) is 96.5 Å². The summed E-state index contributed by atoms with van der Waals surface area (Å²) in [6.45, 7) is 0. The number of hydrogen-bond donors (Lipinski definition) is 3. The number of anilines is 2. The number of rotatable bonds is 6. The second-order valence-corrected chi connectivity index (χ2v) is 6.86. The van der Waals surface area contributed by atoms with Gasteiger partial charge in [-0.3, -0.25) is 4.79 Å². The minimum absolute atomic E-state index is 0.151. The van der Waals surface area contributed by atoms with Gasteiger partial charge in [0.25, 0.3) is 0 Å². The van der Waals surface area contributed by atoms with Crippen molar-refractivity contribution >= 4 is 38.8 Å². The van der Waals surface area contributed by atoms with Crippen LogP contribution in [-0.4, -0.2) is 35.1 Å². The number of nitrogens with one attached hydrogen (secondary N) is 2. The van der Waals surface area contributed by atoms with Crippen LogP contribution in [0.2, 0.25) is 0 Å². The molecule has 2 aromatic carbocycles. The highest BCUT2D eigenvalue weighted by atomic mass is 32.1. The molecule has 0 bridgehead atoms. The third-order valence-corrected chi connectivity index (χ3v) is 5.04. The third-order valence-electron chi connectivity index (χ3n) is 4.28. The summed E-state index contributed by atoms with van der Waals surface area (Å²) in [6, 6.07) is 10.8. The minimum Gasteiger partial charge on any atom is -0.502 e. The van der Waals surface area contributed by atoms with Crippen LogP contribution in [0.25, 0.3) is 10.9 Å². The average Bonchev–Trinajstić information content (AvgIpc) is 3.36. The van der Waals surface area contributed by atoms with E-state index in [4.69, 9.17) is 9.47 Å². The summed E-state index contributed by atoms with van der Waals surface area (Å²) in [5.74, 6) is -0.114. The Morgan fingerprint density at radius 3 is 2.61 bits per heavy atom. The van der Waals surface area contributed by atoms with E-state index in [9.17, 15) is 9.90 Å². The van der Waals surface area contributed by atoms with Crippen LogP contribution in [0.15, 0.2) is 48.0 Å². The van der Waals surface area contributed by atoms with Crippen molar-refractivity contribution in [1.82, 2.24) is 9.97 Å². The number of fused-ring (bicyclic) bond motifs is 1. The van der Waals surface area contributed by atoms with Gasteiger partial charge in [0.2, 0.25) is 11.5 Å². The van der Waals surface area contributed by atoms with Crippen LogP contribution in [0.5, 0.6) is 17.2 Å². The fourth-order valence-corrected chi connectivity index (χ4v) is 3.57. The van der Waals surface area contributed by atoms with Gasteiger partial charge in [0.15, 0.2) is 16.6 Å². The number of phenols is 1. The molecule has 0 fully saturated rings. The molecule has 142 valence electrons. The third kappa shape index (κ3) is 3.25. The molecule has 4 aromatic rings. The zero-order valence-corrected chi connectivity index (χ0v) is 16.0. The smallest absolute Gasteiger partial charge is 0.212 e. The number of aromatic hydroxyl groups is 1. The molecule has 0 radical (unpaired) electrons. The maximum absolute atomic E-state index is 12.8. The summed E-state index contributed by atoms with van der Waals surface area (Å²) in [6.07, 6.45) is 1.88. The molecule has 0 saturated carbocycles. The van der Waals surface area contributed by atoms with Crippen molar-refractivity contribution < 1.29 is 19.4 Å². The maximum atomic E-state index is 12.8. The monoisotopic (exact) mass is 395 g/mol. The van der Waals surface area contributed by atoms with Crippen molar-refractivity contribution in [2.45, 2.75) is 0 Å². The van der Waals surface area contributed by atoms with Crippen LogP contribution in [0.1, 0.15) is 16.1 Å². The summed E-state index contributed by atoms with van der Waals surface area (Å²) in [7, 11) is 2.82. The van der Waals surface area contributed by atoms with Crippen LogP contribution >= 0.6 is 11.3 Å². The molecular formula is C20H17N3O4S. The Bertz CT molecular complexity index is 1140. The number of thiazole rings is 1. The Hall–Kier alpha value is -3.52. The highest BCUT2D eigenvalue weighted by Crippen LogP contribution is 2.37. The second kappa shape index (κ2) is 7.24. The molecule has 2 aromatic heterocycles. The van der Waals surface area contributed by atoms with Gasteiger partial charge in [-0.25, -0.2) is 4.98 Å². The molecule has 4 rings (SSSR count). The van der Waals surface area contributed by atoms with Gasteiger partial charge in [-0.2, -0.15) is 0 Å². The molecule has 0 spiro atoms. The zero-order chi connectivity index (χ0) is 19.7. The van der Waals surface area contributed by atoms with E-state index in [1.807, 2.05) is 30.5 Å². The zero-order valence-electron chi connectivity index (χ0n) is 15.1. The van der Waals surface area contributed by atoms with Crippen molar-refractivity contribution in [1.29, 1.82) is 0 Å². The van der Waals surface area contributed by atoms with Gasteiger partial charge in [-0.15, -0.1) is 11.3 Å². The number of benzene rings is 2. The first-order valence-corrected chi connectivity index (χ1v) is 9.26. The van der Waals surface area contributed by atoms with E-state index in [0.717, 1.165) is 16.6 Å². The number of ketones is 1. The molecule has 0 aliphatic heterocycles. The SMILES string of the molecule is COc1cc(C(=O)c2csc(Nc3ccc4[nH]ccc4c3)n2)cc(OC)c1O. The number of phenolic OH excluding ortho intramolecular Hbond substituents is 1. The Morgan fingerprint density at radius 1 is 1.14 bits per heavy atom. The van der Waals surface area contributed by atoms with E-state index in [1.165, 1.54) is 37.7 Å². The van der Waals surface area contributed by atoms with Gasteiger partial charge < -0.3 is 24.9 Å². The normalized spacial score (nSPS) is 10.8. The molecule has 0 amide bonds. The van der Waals surface area contributed by atoms with Crippen LogP contribution in [0, 0.1) is 0 Å². The number of carbonyl (C=O) groups is 1. The molecule has 7 nitrogen and oxygen atoms in total. The van der Waals surface area contributed by atoms with Crippen molar-refractivity contribution in [3.63, 3.8) is 0 Å². The lowest BCUT2D eigenvalue weighted by atomic mass is 10.1. The Balaban J connectivity index is 1.59. The lowest BCUT2D eigenvalue weighted by molar-refractivity contribution is 0.103. The first-order valence-electron chi connectivity index (χ1n) is 8.38. The van der Waals surface area contributed by atoms with Crippen molar-refractivity contribution in [3.05, 3.63) is 59.2 Å². The number of H-pyrrole nitrogens is 1. The van der Waals surface area contributed by atoms with Gasteiger partial charge in [0.1, 0.15) is 5.69 Å². The van der Waals surface area contributed by atoms with E-state index < -0.39 is 0 Å². The average molecular weight is 395 g/mol. The molecule has 0 aliphatic rings. The standard InChI is InChI=1S/C20H17N3O4S/c1-26-16-8-12(9-17(27-2)19(16)25)18(24)15-10-28-20(23-15)22-13-3-4-14-11(7-13)5-6-21-14/h3-10,21,25H,1-2H3,(H,22,23). The number of nitrogens with zero attached hydrogens (tertiary/aromatic N) is 1. The Labute approximate surface area is 164 Å². The van der Waals surface area contributed by atoms with Crippen LogP contribution in [-0.2, 0) is 0 Å². The Morgan fingerprint density at radius 2 is 1.89 bits per heavy atom. The summed E-state index contributed by atoms with van der Waals surface area (Å²) < 4.78 is 10.2. The lowest BCUT2D eigenvalue weighted by Gasteiger charge is -2.10. The predicted molar refractivity (Wildman–Crippen MR) is 108 cm³/mol. The van der Waals surface area contributed by atoms with Crippen molar-refractivity contribution in [2.75, 3.05) is 19.5 Å². The van der Waals surface area contributed by atoms with Gasteiger partial charge in [-0.1, -0.05) is 0 Å². The van der Waals surface area contributed by atoms with E-state index in [0.29, 0.717) is 16.4 Å². The van der Waals surface area contributed by atoms with Gasteiger partial charge in [0.05, 0.1) is 14.2 Å². The lowest BCUT2D eigenvalue weighted by Crippen LogP contribution is -2.03. The van der Waals surface area contributed by atoms with Gasteiger partial charge in [-0.05, 0) is 36.4 Å². The fourth-order valence-electron chi connectivity index (χ4n) is 2.86. The number of methoxy groups -OCH3 is 2. The minimum atomic E-state index is -0.290. The van der Waals surface area contributed by atoms with Gasteiger partial charge in [0, 0.05) is 33.7 Å². The molecule has 0 saturated heterocycles. The summed E-state index contributed by atoms with van der Waals surface area (Å²) in [5, 5.41) is 16.6. The van der Waals surface area contributed by atoms with E-state index in [-0.39, 0.29) is 23.0 Å². The van der Waals surface area contributed by atoms with Crippen LogP contribution in [0.4, 0.5) is 10.8 Å². The highest BCUT2D eigenvalue weighted by molar-refractivity contribution is 7.14. The molecule has 2 heterocycles. The largest absolute Gasteiger partial charge is 0.502 e. The van der Waals surface area contributed by atoms with E-state index >= 15 is 0 Å². The first kappa shape index (κ1) is 17.9. The van der Waals surface area contributed by atoms with Crippen molar-refractivity contribution in [2.24, 2.45) is 0 Å². The van der Waals surface area contributed by atoms with Crippen molar-refractivity contribution in [3.8, 4) is 17.2 Å². The quantitative estimate of drug-likeness (QED) is 0.421. The second-order valence-electron chi connectivity index (χ2n) is 6.00. The van der Waals surface area contributed by atoms with Crippen LogP contribution in [0.3, 0.4) is 0 Å². The number of aromatic amines is 1. The molecule has 0 aliphatic carbocycles. The van der Waals surface area contributed by atoms with Gasteiger partial charge >= 0.3 is 0 Å². The number of hydrogen-bond acceptors (Lipinski definition) is 7.